The van der Waals surface area contributed by atoms with Gasteiger partial charge < -0.3 is 21.7 Å². The number of amides is 1. The fraction of sp³-hybridized carbons (Fsp3) is 0.467. The summed E-state index contributed by atoms with van der Waals surface area (Å²) in [5.41, 5.74) is 12.6. The predicted molar refractivity (Wildman–Crippen MR) is 80.4 cm³/mol. The lowest BCUT2D eigenvalue weighted by Gasteiger charge is -2.24. The number of hydrogen-bond acceptors (Lipinski definition) is 5. The van der Waals surface area contributed by atoms with Crippen molar-refractivity contribution in [3.8, 4) is 0 Å². The maximum atomic E-state index is 12.1. The zero-order valence-electron chi connectivity index (χ0n) is 11.8. The fourth-order valence-electron chi connectivity index (χ4n) is 3.46. The maximum absolute atomic E-state index is 12.1. The molecular weight excluding hydrogens is 268 g/mol. The molecule has 2 unspecified atom stereocenters. The van der Waals surface area contributed by atoms with E-state index in [-0.39, 0.29) is 12.3 Å². The molecule has 0 bridgehead atoms. The number of nitrogens with zero attached hydrogens (tertiary/aromatic N) is 1. The van der Waals surface area contributed by atoms with Crippen molar-refractivity contribution in [2.75, 3.05) is 37.6 Å². The van der Waals surface area contributed by atoms with Gasteiger partial charge in [0.2, 0.25) is 0 Å². The molecule has 0 spiro atoms. The predicted octanol–water partition coefficient (Wildman–Crippen LogP) is -0.417. The molecule has 0 aromatic heterocycles. The van der Waals surface area contributed by atoms with Gasteiger partial charge in [-0.2, -0.15) is 0 Å². The number of para-hydroxylation sites is 1. The summed E-state index contributed by atoms with van der Waals surface area (Å²) in [6.07, 6.45) is 0. The number of ketones is 1. The van der Waals surface area contributed by atoms with Crippen LogP contribution in [0.15, 0.2) is 18.2 Å². The van der Waals surface area contributed by atoms with Crippen LogP contribution in [-0.2, 0) is 0 Å². The number of nitrogens with one attached hydrogen (secondary N) is 1. The lowest BCUT2D eigenvalue weighted by molar-refractivity contribution is 0.0999. The first-order valence-electron chi connectivity index (χ1n) is 7.23. The van der Waals surface area contributed by atoms with Gasteiger partial charge in [-0.05, 0) is 24.0 Å². The first-order chi connectivity index (χ1) is 10.1. The zero-order valence-corrected chi connectivity index (χ0v) is 11.8. The van der Waals surface area contributed by atoms with Crippen molar-refractivity contribution >= 4 is 17.4 Å². The normalized spacial score (nSPS) is 24.1. The molecule has 6 nitrogen and oxygen atoms in total. The Morgan fingerprint density at radius 2 is 1.81 bits per heavy atom. The Bertz CT molecular complexity index is 575. The van der Waals surface area contributed by atoms with Crippen molar-refractivity contribution in [3.05, 3.63) is 29.3 Å². The molecule has 0 saturated carbocycles. The molecule has 2 fully saturated rings. The number of carbonyl (C=O) groups is 2. The molecular formula is C15H20N4O2. The second-order valence-corrected chi connectivity index (χ2v) is 5.78. The molecule has 0 aliphatic carbocycles. The summed E-state index contributed by atoms with van der Waals surface area (Å²) in [6, 6.07) is 5.09. The fourth-order valence-corrected chi connectivity index (χ4v) is 3.46. The summed E-state index contributed by atoms with van der Waals surface area (Å²) in [7, 11) is 0. The van der Waals surface area contributed by atoms with Crippen LogP contribution in [-0.4, -0.2) is 44.4 Å². The molecule has 0 radical (unpaired) electrons. The SMILES string of the molecule is NCC(=O)c1cccc(C(N)=O)c1N1CC2CNCC2C1. The zero-order chi connectivity index (χ0) is 15.0. The molecule has 21 heavy (non-hydrogen) atoms. The first-order valence-corrected chi connectivity index (χ1v) is 7.23. The Morgan fingerprint density at radius 3 is 2.38 bits per heavy atom. The van der Waals surface area contributed by atoms with E-state index in [1.165, 1.54) is 0 Å². The van der Waals surface area contributed by atoms with Crippen molar-refractivity contribution in [2.45, 2.75) is 0 Å². The van der Waals surface area contributed by atoms with E-state index >= 15 is 0 Å². The average molecular weight is 288 g/mol. The summed E-state index contributed by atoms with van der Waals surface area (Å²) >= 11 is 0. The van der Waals surface area contributed by atoms with E-state index in [4.69, 9.17) is 11.5 Å². The standard InChI is InChI=1S/C15H20N4O2/c16-4-13(20)11-2-1-3-12(15(17)21)14(11)19-7-9-5-18-6-10(9)8-19/h1-3,9-10,18H,4-8,16H2,(H2,17,21). The van der Waals surface area contributed by atoms with E-state index in [0.717, 1.165) is 26.2 Å². The third-order valence-electron chi connectivity index (χ3n) is 4.49. The molecule has 6 heteroatoms. The molecule has 2 aliphatic rings. The van der Waals surface area contributed by atoms with Gasteiger partial charge in [0.1, 0.15) is 0 Å². The van der Waals surface area contributed by atoms with Crippen LogP contribution in [0, 0.1) is 11.8 Å². The second-order valence-electron chi connectivity index (χ2n) is 5.78. The number of benzene rings is 1. The third kappa shape index (κ3) is 2.41. The second kappa shape index (κ2) is 5.46. The van der Waals surface area contributed by atoms with E-state index < -0.39 is 5.91 Å². The van der Waals surface area contributed by atoms with Crippen molar-refractivity contribution in [1.29, 1.82) is 0 Å². The van der Waals surface area contributed by atoms with Crippen LogP contribution in [0.4, 0.5) is 5.69 Å². The Morgan fingerprint density at radius 1 is 1.19 bits per heavy atom. The Hall–Kier alpha value is -1.92. The van der Waals surface area contributed by atoms with Gasteiger partial charge in [0, 0.05) is 31.7 Å². The number of anilines is 1. The van der Waals surface area contributed by atoms with Gasteiger partial charge in [-0.1, -0.05) is 6.07 Å². The lowest BCUT2D eigenvalue weighted by Crippen LogP contribution is -2.30. The number of rotatable bonds is 4. The van der Waals surface area contributed by atoms with Crippen molar-refractivity contribution in [1.82, 2.24) is 5.32 Å². The molecule has 2 heterocycles. The van der Waals surface area contributed by atoms with Crippen LogP contribution in [0.3, 0.4) is 0 Å². The van der Waals surface area contributed by atoms with Crippen LogP contribution >= 0.6 is 0 Å². The number of hydrogen-bond donors (Lipinski definition) is 3. The molecule has 1 aromatic rings. The summed E-state index contributed by atoms with van der Waals surface area (Å²) in [5, 5.41) is 3.38. The van der Waals surface area contributed by atoms with Gasteiger partial charge in [0.05, 0.1) is 17.8 Å². The van der Waals surface area contributed by atoms with E-state index in [9.17, 15) is 9.59 Å². The largest absolute Gasteiger partial charge is 0.370 e. The summed E-state index contributed by atoms with van der Waals surface area (Å²) < 4.78 is 0. The molecule has 3 rings (SSSR count). The molecule has 2 aliphatic heterocycles. The van der Waals surface area contributed by atoms with Crippen LogP contribution in [0.25, 0.3) is 0 Å². The Balaban J connectivity index is 2.02. The summed E-state index contributed by atoms with van der Waals surface area (Å²) in [6.45, 7) is 3.58. The van der Waals surface area contributed by atoms with Crippen LogP contribution in [0.1, 0.15) is 20.7 Å². The van der Waals surface area contributed by atoms with Gasteiger partial charge in [-0.25, -0.2) is 0 Å². The molecule has 5 N–H and O–H groups in total. The number of nitrogens with two attached hydrogens (primary N) is 2. The Labute approximate surface area is 123 Å². The van der Waals surface area contributed by atoms with E-state index in [1.807, 2.05) is 0 Å². The quantitative estimate of drug-likeness (QED) is 0.653. The van der Waals surface area contributed by atoms with Gasteiger partial charge in [-0.3, -0.25) is 9.59 Å². The molecule has 112 valence electrons. The number of primary amides is 1. The molecule has 2 saturated heterocycles. The lowest BCUT2D eigenvalue weighted by atomic mass is 10.0. The van der Waals surface area contributed by atoms with Gasteiger partial charge in [0.15, 0.2) is 5.78 Å². The van der Waals surface area contributed by atoms with Crippen LogP contribution in [0.5, 0.6) is 0 Å². The topological polar surface area (TPSA) is 101 Å². The van der Waals surface area contributed by atoms with Gasteiger partial charge in [-0.15, -0.1) is 0 Å². The smallest absolute Gasteiger partial charge is 0.250 e. The van der Waals surface area contributed by atoms with E-state index in [2.05, 4.69) is 10.2 Å². The Kier molecular flexibility index (Phi) is 3.65. The summed E-state index contributed by atoms with van der Waals surface area (Å²) in [5.74, 6) is 0.452. The van der Waals surface area contributed by atoms with Gasteiger partial charge >= 0.3 is 0 Å². The van der Waals surface area contributed by atoms with Gasteiger partial charge in [0.25, 0.3) is 5.91 Å². The molecule has 2 atom stereocenters. The first kappa shape index (κ1) is 14.0. The van der Waals surface area contributed by atoms with Crippen molar-refractivity contribution < 1.29 is 9.59 Å². The van der Waals surface area contributed by atoms with Crippen molar-refractivity contribution in [2.24, 2.45) is 23.3 Å². The highest BCUT2D eigenvalue weighted by Crippen LogP contribution is 2.34. The highest BCUT2D eigenvalue weighted by atomic mass is 16.1. The monoisotopic (exact) mass is 288 g/mol. The highest BCUT2D eigenvalue weighted by Gasteiger charge is 2.38. The van der Waals surface area contributed by atoms with Crippen LogP contribution in [0.2, 0.25) is 0 Å². The third-order valence-corrected chi connectivity index (χ3v) is 4.49. The molecule has 1 amide bonds. The van der Waals surface area contributed by atoms with Crippen molar-refractivity contribution in [3.63, 3.8) is 0 Å². The minimum atomic E-state index is -0.508. The van der Waals surface area contributed by atoms with E-state index in [1.54, 1.807) is 18.2 Å². The molecule has 1 aromatic carbocycles. The maximum Gasteiger partial charge on any atom is 0.250 e. The number of fused-ring (bicyclic) bond motifs is 1. The number of Topliss-reactive ketones (excluding diaryl/α,β-unsaturated/α-hetero) is 1. The van der Waals surface area contributed by atoms with E-state index in [0.29, 0.717) is 28.7 Å². The summed E-state index contributed by atoms with van der Waals surface area (Å²) in [4.78, 5) is 25.9. The van der Waals surface area contributed by atoms with Crippen LogP contribution < -0.4 is 21.7 Å². The average Bonchev–Trinajstić information content (AvgIpc) is 3.06. The minimum Gasteiger partial charge on any atom is -0.370 e. The highest BCUT2D eigenvalue weighted by molar-refractivity contribution is 6.09. The minimum absolute atomic E-state index is 0.0720. The number of carbonyl (C=O) groups excluding carboxylic acids is 2.